The Morgan fingerprint density at radius 3 is 1.82 bits per heavy atom. The molecule has 0 bridgehead atoms. The zero-order valence-electron chi connectivity index (χ0n) is 30.9. The molecule has 1 unspecified atom stereocenters. The van der Waals surface area contributed by atoms with Crippen molar-refractivity contribution in [3.05, 3.63) is 217 Å². The molecule has 1 aliphatic heterocycles. The van der Waals surface area contributed by atoms with E-state index in [1.54, 1.807) is 0 Å². The van der Waals surface area contributed by atoms with E-state index in [-0.39, 0.29) is 6.17 Å². The van der Waals surface area contributed by atoms with Crippen LogP contribution in [0.4, 0.5) is 0 Å². The fourth-order valence-electron chi connectivity index (χ4n) is 8.16. The van der Waals surface area contributed by atoms with Crippen LogP contribution < -0.4 is 5.32 Å². The van der Waals surface area contributed by atoms with Gasteiger partial charge in [-0.1, -0.05) is 164 Å². The molecule has 0 amide bonds. The Kier molecular flexibility index (Phi) is 7.85. The Bertz CT molecular complexity index is 3200. The Labute approximate surface area is 330 Å². The third-order valence-corrected chi connectivity index (χ3v) is 11.1. The van der Waals surface area contributed by atoms with Gasteiger partial charge in [0.05, 0.1) is 0 Å². The minimum atomic E-state index is -0.294. The first kappa shape index (κ1) is 32.8. The Morgan fingerprint density at radius 2 is 1.02 bits per heavy atom. The minimum Gasteiger partial charge on any atom is -0.456 e. The van der Waals surface area contributed by atoms with E-state index >= 15 is 0 Å². The van der Waals surface area contributed by atoms with Crippen molar-refractivity contribution in [1.82, 2.24) is 5.32 Å². The summed E-state index contributed by atoms with van der Waals surface area (Å²) in [6.07, 6.45) is -0.294. The van der Waals surface area contributed by atoms with Crippen molar-refractivity contribution in [3.8, 4) is 33.4 Å². The Balaban J connectivity index is 0.987. The smallest absolute Gasteiger partial charge is 0.159 e. The van der Waals surface area contributed by atoms with Gasteiger partial charge in [0.15, 0.2) is 5.84 Å². The number of amidine groups is 2. The zero-order chi connectivity index (χ0) is 37.7. The first-order valence-corrected chi connectivity index (χ1v) is 19.3. The van der Waals surface area contributed by atoms with Gasteiger partial charge in [-0.3, -0.25) is 0 Å². The predicted octanol–water partition coefficient (Wildman–Crippen LogP) is 13.4. The number of aliphatic imine (C=N–C) groups is 2. The largest absolute Gasteiger partial charge is 0.456 e. The van der Waals surface area contributed by atoms with Gasteiger partial charge >= 0.3 is 0 Å². The van der Waals surface area contributed by atoms with E-state index in [1.807, 2.05) is 18.2 Å². The molecule has 4 nitrogen and oxygen atoms in total. The molecule has 0 fully saturated rings. The molecule has 10 aromatic rings. The number of nitrogens with zero attached hydrogens (tertiary/aromatic N) is 2. The number of fused-ring (bicyclic) bond motifs is 5. The molecule has 4 heteroatoms. The summed E-state index contributed by atoms with van der Waals surface area (Å²) in [5.74, 6) is 1.50. The molecule has 57 heavy (non-hydrogen) atoms. The van der Waals surface area contributed by atoms with Gasteiger partial charge in [0, 0.05) is 21.9 Å². The SMILES string of the molecule is c1ccc(C2=NC(c3ccc4ccc(-c5cccc6oc7ccc(-c8ccc(-c9ccccc9)cc8)cc7c56)cc4c3)=NC(c3ccc4ccccc4c3)N2)cc1. The Morgan fingerprint density at radius 1 is 0.404 bits per heavy atom. The third-order valence-electron chi connectivity index (χ3n) is 11.1. The molecule has 0 saturated carbocycles. The lowest BCUT2D eigenvalue weighted by atomic mass is 9.95. The van der Waals surface area contributed by atoms with Gasteiger partial charge in [-0.2, -0.15) is 0 Å². The van der Waals surface area contributed by atoms with Crippen molar-refractivity contribution in [2.75, 3.05) is 0 Å². The summed E-state index contributed by atoms with van der Waals surface area (Å²) >= 11 is 0. The summed E-state index contributed by atoms with van der Waals surface area (Å²) in [6.45, 7) is 0. The van der Waals surface area contributed by atoms with Crippen molar-refractivity contribution in [2.45, 2.75) is 6.17 Å². The fourth-order valence-corrected chi connectivity index (χ4v) is 8.16. The summed E-state index contributed by atoms with van der Waals surface area (Å²) < 4.78 is 6.45. The van der Waals surface area contributed by atoms with Crippen LogP contribution in [0.2, 0.25) is 0 Å². The number of benzene rings is 9. The highest BCUT2D eigenvalue weighted by atomic mass is 16.3. The number of nitrogens with one attached hydrogen (secondary N) is 1. The van der Waals surface area contributed by atoms with Crippen molar-refractivity contribution in [1.29, 1.82) is 0 Å². The van der Waals surface area contributed by atoms with Gasteiger partial charge in [0.1, 0.15) is 23.2 Å². The second-order valence-electron chi connectivity index (χ2n) is 14.6. The van der Waals surface area contributed by atoms with Crippen LogP contribution in [-0.4, -0.2) is 11.7 Å². The fraction of sp³-hybridized carbons (Fsp3) is 0.0189. The van der Waals surface area contributed by atoms with E-state index in [9.17, 15) is 0 Å². The summed E-state index contributed by atoms with van der Waals surface area (Å²) in [5.41, 5.74) is 11.8. The average molecular weight is 730 g/mol. The summed E-state index contributed by atoms with van der Waals surface area (Å²) in [7, 11) is 0. The number of hydrogen-bond donors (Lipinski definition) is 1. The maximum absolute atomic E-state index is 6.45. The van der Waals surface area contributed by atoms with E-state index in [2.05, 4.69) is 187 Å². The van der Waals surface area contributed by atoms with Crippen LogP contribution in [0, 0.1) is 0 Å². The molecule has 0 aliphatic carbocycles. The molecule has 0 spiro atoms. The first-order valence-electron chi connectivity index (χ1n) is 19.3. The van der Waals surface area contributed by atoms with E-state index in [0.29, 0.717) is 5.84 Å². The molecule has 1 N–H and O–H groups in total. The van der Waals surface area contributed by atoms with Crippen LogP contribution in [0.3, 0.4) is 0 Å². The molecule has 0 saturated heterocycles. The van der Waals surface area contributed by atoms with Crippen LogP contribution in [-0.2, 0) is 0 Å². The quantitative estimate of drug-likeness (QED) is 0.185. The van der Waals surface area contributed by atoms with Gasteiger partial charge in [-0.25, -0.2) is 9.98 Å². The van der Waals surface area contributed by atoms with E-state index < -0.39 is 0 Å². The molecule has 2 heterocycles. The van der Waals surface area contributed by atoms with Crippen LogP contribution in [0.15, 0.2) is 215 Å². The topological polar surface area (TPSA) is 49.9 Å². The number of hydrogen-bond acceptors (Lipinski definition) is 4. The molecule has 1 aromatic heterocycles. The highest BCUT2D eigenvalue weighted by molar-refractivity contribution is 6.15. The molecular formula is C53H35N3O. The molecule has 11 rings (SSSR count). The number of rotatable bonds is 6. The lowest BCUT2D eigenvalue weighted by Gasteiger charge is -2.24. The Hall–Kier alpha value is -7.56. The van der Waals surface area contributed by atoms with Gasteiger partial charge in [0.25, 0.3) is 0 Å². The van der Waals surface area contributed by atoms with E-state index in [4.69, 9.17) is 14.4 Å². The first-order chi connectivity index (χ1) is 28.2. The van der Waals surface area contributed by atoms with Crippen LogP contribution in [0.1, 0.15) is 22.9 Å². The standard InChI is InChI=1S/C53H35N3O/c1-3-10-34(11-4-1)36-18-20-37(21-19-36)41-28-29-48-47(33-41)50-46(16-9-17-49(50)57-48)42-25-22-38-24-27-44(32-45(38)31-42)53-55-51(39-13-5-2-6-14-39)54-52(56-53)43-26-23-35-12-7-8-15-40(35)30-43/h1-33,52H,(H,54,55,56). The molecule has 1 aliphatic rings. The lowest BCUT2D eigenvalue weighted by Crippen LogP contribution is -2.33. The van der Waals surface area contributed by atoms with Crippen LogP contribution >= 0.6 is 0 Å². The number of furan rings is 1. The zero-order valence-corrected chi connectivity index (χ0v) is 30.9. The van der Waals surface area contributed by atoms with Crippen LogP contribution in [0.25, 0.3) is 76.9 Å². The lowest BCUT2D eigenvalue weighted by molar-refractivity contribution is 0.669. The second kappa shape index (κ2) is 13.6. The summed E-state index contributed by atoms with van der Waals surface area (Å²) in [4.78, 5) is 10.3. The molecule has 0 radical (unpaired) electrons. The van der Waals surface area contributed by atoms with E-state index in [0.717, 1.165) is 71.9 Å². The normalized spacial score (nSPS) is 14.1. The molecular weight excluding hydrogens is 695 g/mol. The van der Waals surface area contributed by atoms with Gasteiger partial charge in [-0.05, 0) is 96.9 Å². The molecule has 268 valence electrons. The van der Waals surface area contributed by atoms with Crippen molar-refractivity contribution < 1.29 is 4.42 Å². The third kappa shape index (κ3) is 6.05. The van der Waals surface area contributed by atoms with Gasteiger partial charge < -0.3 is 9.73 Å². The minimum absolute atomic E-state index is 0.294. The predicted molar refractivity (Wildman–Crippen MR) is 237 cm³/mol. The maximum atomic E-state index is 6.45. The van der Waals surface area contributed by atoms with Crippen molar-refractivity contribution in [3.63, 3.8) is 0 Å². The van der Waals surface area contributed by atoms with Crippen LogP contribution in [0.5, 0.6) is 0 Å². The molecule has 1 atom stereocenters. The highest BCUT2D eigenvalue weighted by Gasteiger charge is 2.22. The highest BCUT2D eigenvalue weighted by Crippen LogP contribution is 2.39. The maximum Gasteiger partial charge on any atom is 0.159 e. The monoisotopic (exact) mass is 729 g/mol. The van der Waals surface area contributed by atoms with E-state index in [1.165, 1.54) is 27.5 Å². The second-order valence-corrected chi connectivity index (χ2v) is 14.6. The van der Waals surface area contributed by atoms with Gasteiger partial charge in [0.2, 0.25) is 0 Å². The molecule has 9 aromatic carbocycles. The van der Waals surface area contributed by atoms with Gasteiger partial charge in [-0.15, -0.1) is 0 Å². The average Bonchev–Trinajstić information content (AvgIpc) is 3.67. The van der Waals surface area contributed by atoms with Crippen molar-refractivity contribution in [2.24, 2.45) is 9.98 Å². The van der Waals surface area contributed by atoms with Crippen molar-refractivity contribution >= 4 is 55.2 Å². The summed E-state index contributed by atoms with van der Waals surface area (Å²) in [5, 5.41) is 10.5. The summed E-state index contributed by atoms with van der Waals surface area (Å²) in [6, 6.07) is 70.7.